The number of rotatable bonds is 6. The van der Waals surface area contributed by atoms with Gasteiger partial charge < -0.3 is 10.1 Å². The first-order valence-electron chi connectivity index (χ1n) is 6.75. The van der Waals surface area contributed by atoms with Crippen molar-refractivity contribution < 1.29 is 9.53 Å². The van der Waals surface area contributed by atoms with Crippen LogP contribution in [0.15, 0.2) is 30.5 Å². The third-order valence-electron chi connectivity index (χ3n) is 2.95. The average molecular weight is 273 g/mol. The third-order valence-corrected chi connectivity index (χ3v) is 2.95. The molecule has 0 aliphatic heterocycles. The Labute approximate surface area is 118 Å². The molecule has 2 aromatic rings. The van der Waals surface area contributed by atoms with Crippen molar-refractivity contribution in [2.24, 2.45) is 0 Å². The zero-order valence-corrected chi connectivity index (χ0v) is 11.8. The highest BCUT2D eigenvalue weighted by atomic mass is 16.5. The second kappa shape index (κ2) is 6.75. The van der Waals surface area contributed by atoms with Crippen molar-refractivity contribution in [1.82, 2.24) is 10.2 Å². The van der Waals surface area contributed by atoms with Crippen LogP contribution < -0.4 is 10.1 Å². The van der Waals surface area contributed by atoms with Crippen molar-refractivity contribution in [1.29, 1.82) is 0 Å². The number of nitrogens with one attached hydrogen (secondary N) is 2. The molecule has 0 aliphatic rings. The summed E-state index contributed by atoms with van der Waals surface area (Å²) in [4.78, 5) is 12.0. The quantitative estimate of drug-likeness (QED) is 0.794. The Morgan fingerprint density at radius 1 is 1.35 bits per heavy atom. The van der Waals surface area contributed by atoms with Gasteiger partial charge in [-0.3, -0.25) is 9.89 Å². The maximum absolute atomic E-state index is 12.0. The van der Waals surface area contributed by atoms with E-state index in [0.717, 1.165) is 24.2 Å². The first kappa shape index (κ1) is 14.1. The molecule has 20 heavy (non-hydrogen) atoms. The summed E-state index contributed by atoms with van der Waals surface area (Å²) in [7, 11) is 0. The van der Waals surface area contributed by atoms with E-state index in [4.69, 9.17) is 4.74 Å². The molecule has 0 fully saturated rings. The van der Waals surface area contributed by atoms with Crippen LogP contribution in [0, 0.1) is 6.92 Å². The van der Waals surface area contributed by atoms with E-state index < -0.39 is 0 Å². The Morgan fingerprint density at radius 2 is 2.10 bits per heavy atom. The van der Waals surface area contributed by atoms with Gasteiger partial charge in [0.05, 0.1) is 12.8 Å². The molecule has 1 heterocycles. The first-order valence-corrected chi connectivity index (χ1v) is 6.75. The largest absolute Gasteiger partial charge is 0.494 e. The van der Waals surface area contributed by atoms with E-state index in [2.05, 4.69) is 22.4 Å². The predicted octanol–water partition coefficient (Wildman–Crippen LogP) is 3.15. The first-order chi connectivity index (χ1) is 9.70. The fraction of sp³-hybridized carbons (Fsp3) is 0.333. The molecular formula is C15H19N3O2. The van der Waals surface area contributed by atoms with Gasteiger partial charge in [0.15, 0.2) is 0 Å². The Bertz CT molecular complexity index is 561. The molecule has 2 N–H and O–H groups in total. The molecule has 0 aliphatic carbocycles. The smallest absolute Gasteiger partial charge is 0.256 e. The summed E-state index contributed by atoms with van der Waals surface area (Å²) in [5.41, 5.74) is 1.49. The monoisotopic (exact) mass is 273 g/mol. The molecule has 0 spiro atoms. The fourth-order valence-corrected chi connectivity index (χ4v) is 1.70. The van der Waals surface area contributed by atoms with Crippen molar-refractivity contribution >= 4 is 11.7 Å². The zero-order chi connectivity index (χ0) is 14.4. The molecule has 1 aromatic heterocycles. The van der Waals surface area contributed by atoms with Gasteiger partial charge in [0.1, 0.15) is 11.6 Å². The van der Waals surface area contributed by atoms with Gasteiger partial charge in [-0.2, -0.15) is 5.10 Å². The van der Waals surface area contributed by atoms with E-state index in [1.165, 1.54) is 0 Å². The summed E-state index contributed by atoms with van der Waals surface area (Å²) in [5, 5.41) is 9.39. The summed E-state index contributed by atoms with van der Waals surface area (Å²) < 4.78 is 5.56. The van der Waals surface area contributed by atoms with Gasteiger partial charge in [0.2, 0.25) is 0 Å². The minimum atomic E-state index is -0.169. The molecule has 1 amide bonds. The number of amides is 1. The summed E-state index contributed by atoms with van der Waals surface area (Å²) in [6.07, 6.45) is 3.80. The van der Waals surface area contributed by atoms with E-state index in [1.54, 1.807) is 18.3 Å². The Hall–Kier alpha value is -2.30. The predicted molar refractivity (Wildman–Crippen MR) is 78.1 cm³/mol. The van der Waals surface area contributed by atoms with Crippen molar-refractivity contribution in [2.75, 3.05) is 11.9 Å². The lowest BCUT2D eigenvalue weighted by Crippen LogP contribution is -2.12. The van der Waals surface area contributed by atoms with Gasteiger partial charge in [0, 0.05) is 11.1 Å². The standard InChI is InChI=1S/C15H19N3O2/c1-3-4-9-20-13-7-5-12(6-8-13)15(19)17-14-11(2)10-16-18-14/h5-8,10H,3-4,9H2,1-2H3,(H2,16,17,18,19). The van der Waals surface area contributed by atoms with Crippen LogP contribution in [-0.4, -0.2) is 22.7 Å². The van der Waals surface area contributed by atoms with Gasteiger partial charge in [-0.05, 0) is 37.6 Å². The van der Waals surface area contributed by atoms with Crippen LogP contribution in [0.4, 0.5) is 5.82 Å². The Balaban J connectivity index is 1.95. The van der Waals surface area contributed by atoms with E-state index in [1.807, 2.05) is 19.1 Å². The molecule has 0 bridgehead atoms. The van der Waals surface area contributed by atoms with Crippen molar-refractivity contribution in [3.8, 4) is 5.75 Å². The number of carbonyl (C=O) groups is 1. The summed E-state index contributed by atoms with van der Waals surface area (Å²) in [5.74, 6) is 1.24. The van der Waals surface area contributed by atoms with E-state index >= 15 is 0 Å². The number of hydrogen-bond acceptors (Lipinski definition) is 3. The maximum atomic E-state index is 12.0. The van der Waals surface area contributed by atoms with Crippen molar-refractivity contribution in [3.05, 3.63) is 41.6 Å². The highest BCUT2D eigenvalue weighted by Crippen LogP contribution is 2.15. The molecule has 2 rings (SSSR count). The number of ether oxygens (including phenoxy) is 1. The number of benzene rings is 1. The highest BCUT2D eigenvalue weighted by Gasteiger charge is 2.08. The fourth-order valence-electron chi connectivity index (χ4n) is 1.70. The van der Waals surface area contributed by atoms with Crippen LogP contribution in [-0.2, 0) is 0 Å². The Kier molecular flexibility index (Phi) is 4.76. The number of aryl methyl sites for hydroxylation is 1. The molecular weight excluding hydrogens is 254 g/mol. The Morgan fingerprint density at radius 3 is 2.70 bits per heavy atom. The lowest BCUT2D eigenvalue weighted by Gasteiger charge is -2.07. The van der Waals surface area contributed by atoms with Crippen molar-refractivity contribution in [3.63, 3.8) is 0 Å². The van der Waals surface area contributed by atoms with Crippen LogP contribution in [0.3, 0.4) is 0 Å². The molecule has 0 saturated carbocycles. The van der Waals surface area contributed by atoms with Crippen LogP contribution in [0.5, 0.6) is 5.75 Å². The maximum Gasteiger partial charge on any atom is 0.256 e. The van der Waals surface area contributed by atoms with Crippen LogP contribution >= 0.6 is 0 Å². The summed E-state index contributed by atoms with van der Waals surface area (Å²) in [6.45, 7) is 4.70. The number of nitrogens with zero attached hydrogens (tertiary/aromatic N) is 1. The number of aromatic amines is 1. The zero-order valence-electron chi connectivity index (χ0n) is 11.8. The van der Waals surface area contributed by atoms with Gasteiger partial charge in [-0.25, -0.2) is 0 Å². The molecule has 5 heteroatoms. The van der Waals surface area contributed by atoms with Crippen LogP contribution in [0.25, 0.3) is 0 Å². The third kappa shape index (κ3) is 3.60. The summed E-state index contributed by atoms with van der Waals surface area (Å²) >= 11 is 0. The lowest BCUT2D eigenvalue weighted by atomic mass is 10.2. The number of anilines is 1. The number of hydrogen-bond donors (Lipinski definition) is 2. The van der Waals surface area contributed by atoms with E-state index in [0.29, 0.717) is 18.0 Å². The molecule has 0 saturated heterocycles. The molecule has 1 aromatic carbocycles. The minimum Gasteiger partial charge on any atom is -0.494 e. The number of carbonyl (C=O) groups excluding carboxylic acids is 1. The number of unbranched alkanes of at least 4 members (excludes halogenated alkanes) is 1. The average Bonchev–Trinajstić information content (AvgIpc) is 2.85. The SMILES string of the molecule is CCCCOc1ccc(C(=O)Nc2[nH]ncc2C)cc1. The number of H-pyrrole nitrogens is 1. The van der Waals surface area contributed by atoms with E-state index in [9.17, 15) is 4.79 Å². The van der Waals surface area contributed by atoms with Crippen LogP contribution in [0.1, 0.15) is 35.7 Å². The van der Waals surface area contributed by atoms with Gasteiger partial charge in [-0.15, -0.1) is 0 Å². The van der Waals surface area contributed by atoms with Gasteiger partial charge in [-0.1, -0.05) is 13.3 Å². The normalized spacial score (nSPS) is 10.3. The minimum absolute atomic E-state index is 0.169. The van der Waals surface area contributed by atoms with E-state index in [-0.39, 0.29) is 5.91 Å². The second-order valence-electron chi connectivity index (χ2n) is 4.61. The lowest BCUT2D eigenvalue weighted by molar-refractivity contribution is 0.102. The van der Waals surface area contributed by atoms with Crippen LogP contribution in [0.2, 0.25) is 0 Å². The molecule has 106 valence electrons. The number of aromatic nitrogens is 2. The second-order valence-corrected chi connectivity index (χ2v) is 4.61. The molecule has 0 radical (unpaired) electrons. The van der Waals surface area contributed by atoms with Gasteiger partial charge >= 0.3 is 0 Å². The molecule has 0 unspecified atom stereocenters. The van der Waals surface area contributed by atoms with Crippen molar-refractivity contribution in [2.45, 2.75) is 26.7 Å². The molecule has 0 atom stereocenters. The van der Waals surface area contributed by atoms with Gasteiger partial charge in [0.25, 0.3) is 5.91 Å². The topological polar surface area (TPSA) is 67.0 Å². The molecule has 5 nitrogen and oxygen atoms in total. The summed E-state index contributed by atoms with van der Waals surface area (Å²) in [6, 6.07) is 7.12. The highest BCUT2D eigenvalue weighted by molar-refractivity contribution is 6.04.